The van der Waals surface area contributed by atoms with Crippen LogP contribution in [-0.4, -0.2) is 63.4 Å². The van der Waals surface area contributed by atoms with Crippen molar-refractivity contribution in [3.8, 4) is 11.1 Å². The number of halogens is 2. The van der Waals surface area contributed by atoms with Crippen LogP contribution in [0.2, 0.25) is 0 Å². The number of carbonyl (C=O) groups is 2. The number of amides is 2. The Morgan fingerprint density at radius 3 is 2.52 bits per heavy atom. The molecule has 1 unspecified atom stereocenters. The van der Waals surface area contributed by atoms with Gasteiger partial charge < -0.3 is 16.0 Å². The normalized spacial score (nSPS) is 17.5. The highest BCUT2D eigenvalue weighted by Gasteiger charge is 2.43. The van der Waals surface area contributed by atoms with Gasteiger partial charge in [-0.3, -0.25) is 9.59 Å². The molecule has 1 aliphatic rings. The number of rotatable bonds is 5. The number of nitrogens with two attached hydrogens (primary N) is 1. The highest BCUT2D eigenvalue weighted by Crippen LogP contribution is 2.30. The quantitative estimate of drug-likeness (QED) is 0.640. The summed E-state index contributed by atoms with van der Waals surface area (Å²) in [5.41, 5.74) is 9.13. The molecule has 3 aromatic rings. The number of aromatic nitrogens is 3. The molecule has 0 bridgehead atoms. The van der Waals surface area contributed by atoms with E-state index in [2.05, 4.69) is 15.4 Å². The lowest BCUT2D eigenvalue weighted by atomic mass is 9.89. The van der Waals surface area contributed by atoms with Crippen LogP contribution in [0.5, 0.6) is 0 Å². The summed E-state index contributed by atoms with van der Waals surface area (Å²) in [6, 6.07) is 9.52. The molecule has 2 aromatic heterocycles. The van der Waals surface area contributed by atoms with E-state index in [0.717, 1.165) is 21.7 Å². The van der Waals surface area contributed by atoms with Crippen molar-refractivity contribution in [2.24, 2.45) is 5.73 Å². The van der Waals surface area contributed by atoms with Gasteiger partial charge in [-0.25, -0.2) is 18.3 Å². The topological polar surface area (TPSA) is 106 Å². The molecule has 3 N–H and O–H groups in total. The maximum atomic E-state index is 13.5. The van der Waals surface area contributed by atoms with E-state index < -0.39 is 42.7 Å². The minimum Gasteiger partial charge on any atom is -0.359 e. The van der Waals surface area contributed by atoms with E-state index in [-0.39, 0.29) is 6.54 Å². The van der Waals surface area contributed by atoms with Crippen LogP contribution in [0.15, 0.2) is 48.9 Å². The Bertz CT molecular complexity index is 1110. The van der Waals surface area contributed by atoms with Crippen LogP contribution < -0.4 is 11.1 Å². The third-order valence-corrected chi connectivity index (χ3v) is 5.53. The molecule has 162 valence electrons. The summed E-state index contributed by atoms with van der Waals surface area (Å²) in [6.07, 6.45) is 2.89. The van der Waals surface area contributed by atoms with Gasteiger partial charge in [0.05, 0.1) is 12.5 Å². The van der Waals surface area contributed by atoms with Crippen LogP contribution in [-0.2, 0) is 9.59 Å². The number of likely N-dealkylation sites (N-methyl/N-ethyl adjacent to an activating group) is 1. The molecule has 1 aliphatic heterocycles. The number of likely N-dealkylation sites (tertiary alicyclic amines) is 1. The first kappa shape index (κ1) is 20.9. The summed E-state index contributed by atoms with van der Waals surface area (Å²) in [6.45, 7) is -0.757. The molecule has 1 fully saturated rings. The van der Waals surface area contributed by atoms with Crippen molar-refractivity contribution < 1.29 is 18.4 Å². The average Bonchev–Trinajstić information content (AvgIpc) is 3.38. The van der Waals surface area contributed by atoms with Gasteiger partial charge in [0.2, 0.25) is 11.8 Å². The third-order valence-electron chi connectivity index (χ3n) is 5.53. The van der Waals surface area contributed by atoms with Gasteiger partial charge in [-0.2, -0.15) is 5.10 Å². The highest BCUT2D eigenvalue weighted by molar-refractivity contribution is 5.93. The molecule has 3 heterocycles. The average molecular weight is 428 g/mol. The van der Waals surface area contributed by atoms with Gasteiger partial charge in [0.1, 0.15) is 12.4 Å². The van der Waals surface area contributed by atoms with E-state index in [1.807, 2.05) is 30.5 Å². The van der Waals surface area contributed by atoms with E-state index >= 15 is 0 Å². The number of benzene rings is 1. The molecule has 0 saturated carbocycles. The SMILES string of the molecule is CNC(=O)[C@@H](c1ccc(-c2ccc3ncnn3c2)cc1)C(N)C(=O)N1CCC(F)(F)C1. The Kier molecular flexibility index (Phi) is 5.40. The van der Waals surface area contributed by atoms with Crippen molar-refractivity contribution in [1.29, 1.82) is 0 Å². The maximum Gasteiger partial charge on any atom is 0.267 e. The largest absolute Gasteiger partial charge is 0.359 e. The van der Waals surface area contributed by atoms with Crippen molar-refractivity contribution in [2.75, 3.05) is 20.1 Å². The van der Waals surface area contributed by atoms with Gasteiger partial charge in [0.15, 0.2) is 5.65 Å². The van der Waals surface area contributed by atoms with Gasteiger partial charge in [-0.05, 0) is 23.3 Å². The summed E-state index contributed by atoms with van der Waals surface area (Å²) in [7, 11) is 1.44. The summed E-state index contributed by atoms with van der Waals surface area (Å²) in [5.74, 6) is -5.04. The summed E-state index contributed by atoms with van der Waals surface area (Å²) < 4.78 is 28.7. The lowest BCUT2D eigenvalue weighted by molar-refractivity contribution is -0.136. The Morgan fingerprint density at radius 2 is 1.87 bits per heavy atom. The van der Waals surface area contributed by atoms with E-state index in [1.54, 1.807) is 16.6 Å². The second-order valence-electron chi connectivity index (χ2n) is 7.59. The van der Waals surface area contributed by atoms with E-state index in [0.29, 0.717) is 5.56 Å². The number of fused-ring (bicyclic) bond motifs is 1. The fourth-order valence-corrected chi connectivity index (χ4v) is 3.83. The van der Waals surface area contributed by atoms with E-state index in [1.165, 1.54) is 13.4 Å². The first-order valence-electron chi connectivity index (χ1n) is 9.82. The minimum absolute atomic E-state index is 0.0797. The van der Waals surface area contributed by atoms with Crippen LogP contribution in [0.1, 0.15) is 17.9 Å². The fourth-order valence-electron chi connectivity index (χ4n) is 3.83. The maximum absolute atomic E-state index is 13.5. The monoisotopic (exact) mass is 428 g/mol. The number of nitrogens with one attached hydrogen (secondary N) is 1. The number of carbonyl (C=O) groups excluding carboxylic acids is 2. The molecule has 0 aliphatic carbocycles. The number of nitrogens with zero attached hydrogens (tertiary/aromatic N) is 4. The molecule has 0 spiro atoms. The minimum atomic E-state index is -2.93. The predicted octanol–water partition coefficient (Wildman–Crippen LogP) is 1.42. The summed E-state index contributed by atoms with van der Waals surface area (Å²) >= 11 is 0. The van der Waals surface area contributed by atoms with Gasteiger partial charge in [-0.1, -0.05) is 24.3 Å². The van der Waals surface area contributed by atoms with Crippen molar-refractivity contribution >= 4 is 17.5 Å². The second-order valence-corrected chi connectivity index (χ2v) is 7.59. The smallest absolute Gasteiger partial charge is 0.267 e. The van der Waals surface area contributed by atoms with Crippen LogP contribution in [0, 0.1) is 0 Å². The predicted molar refractivity (Wildman–Crippen MR) is 109 cm³/mol. The Hall–Kier alpha value is -3.40. The van der Waals surface area contributed by atoms with Gasteiger partial charge in [0.25, 0.3) is 5.92 Å². The standard InChI is InChI=1S/C21H22F2N6O2/c1-25-19(30)17(18(24)20(31)28-9-8-21(22,23)11-28)14-4-2-13(3-5-14)15-6-7-16-26-12-27-29(16)10-15/h2-7,10,12,17-18H,8-9,11,24H2,1H3,(H,25,30)/t17-,18?/m0/s1. The van der Waals surface area contributed by atoms with Crippen molar-refractivity contribution in [1.82, 2.24) is 24.8 Å². The lowest BCUT2D eigenvalue weighted by Gasteiger charge is -2.26. The molecule has 8 nitrogen and oxygen atoms in total. The second kappa shape index (κ2) is 8.03. The third kappa shape index (κ3) is 4.11. The van der Waals surface area contributed by atoms with E-state index in [9.17, 15) is 18.4 Å². The Labute approximate surface area is 177 Å². The van der Waals surface area contributed by atoms with Crippen molar-refractivity contribution in [3.63, 3.8) is 0 Å². The fraction of sp³-hybridized carbons (Fsp3) is 0.333. The molecule has 2 amide bonds. The van der Waals surface area contributed by atoms with E-state index in [4.69, 9.17) is 5.73 Å². The van der Waals surface area contributed by atoms with Gasteiger partial charge in [-0.15, -0.1) is 0 Å². The summed E-state index contributed by atoms with van der Waals surface area (Å²) in [4.78, 5) is 30.4. The number of pyridine rings is 1. The van der Waals surface area contributed by atoms with Gasteiger partial charge in [0, 0.05) is 31.8 Å². The first-order chi connectivity index (χ1) is 14.8. The van der Waals surface area contributed by atoms with Gasteiger partial charge >= 0.3 is 0 Å². The number of hydrogen-bond acceptors (Lipinski definition) is 5. The van der Waals surface area contributed by atoms with Crippen LogP contribution in [0.4, 0.5) is 8.78 Å². The molecule has 0 radical (unpaired) electrons. The zero-order valence-corrected chi connectivity index (χ0v) is 16.8. The zero-order chi connectivity index (χ0) is 22.2. The van der Waals surface area contributed by atoms with Crippen molar-refractivity contribution in [2.45, 2.75) is 24.3 Å². The number of hydrogen-bond donors (Lipinski definition) is 2. The molecule has 1 saturated heterocycles. The molecule has 10 heteroatoms. The lowest BCUT2D eigenvalue weighted by Crippen LogP contribution is -2.50. The Morgan fingerprint density at radius 1 is 1.16 bits per heavy atom. The van der Waals surface area contributed by atoms with Crippen molar-refractivity contribution in [3.05, 3.63) is 54.5 Å². The molecule has 1 aromatic carbocycles. The van der Waals surface area contributed by atoms with Crippen LogP contribution in [0.3, 0.4) is 0 Å². The molecule has 31 heavy (non-hydrogen) atoms. The molecule has 2 atom stereocenters. The molecule has 4 rings (SSSR count). The highest BCUT2D eigenvalue weighted by atomic mass is 19.3. The zero-order valence-electron chi connectivity index (χ0n) is 16.8. The first-order valence-corrected chi connectivity index (χ1v) is 9.82. The molecular weight excluding hydrogens is 406 g/mol. The molecular formula is C21H22F2N6O2. The Balaban J connectivity index is 1.59. The van der Waals surface area contributed by atoms with Crippen LogP contribution >= 0.6 is 0 Å². The summed E-state index contributed by atoms with van der Waals surface area (Å²) in [5, 5.41) is 6.63. The number of alkyl halides is 2. The van der Waals surface area contributed by atoms with Crippen LogP contribution in [0.25, 0.3) is 16.8 Å².